The molecule has 3 aromatic rings. The van der Waals surface area contributed by atoms with Gasteiger partial charge in [-0.15, -0.1) is 0 Å². The Balaban J connectivity index is 1.54. The molecule has 1 unspecified atom stereocenters. The summed E-state index contributed by atoms with van der Waals surface area (Å²) < 4.78 is 29.7. The number of rotatable bonds is 8. The van der Waals surface area contributed by atoms with E-state index in [0.717, 1.165) is 5.39 Å². The van der Waals surface area contributed by atoms with E-state index >= 15 is 0 Å². The second-order valence-electron chi connectivity index (χ2n) is 7.46. The van der Waals surface area contributed by atoms with Crippen molar-refractivity contribution in [3.63, 3.8) is 0 Å². The van der Waals surface area contributed by atoms with Crippen molar-refractivity contribution in [2.24, 2.45) is 0 Å². The van der Waals surface area contributed by atoms with Gasteiger partial charge in [-0.1, -0.05) is 30.3 Å². The van der Waals surface area contributed by atoms with Crippen LogP contribution in [0.1, 0.15) is 16.8 Å². The zero-order chi connectivity index (χ0) is 22.6. The number of carbonyl (C=O) groups is 2. The van der Waals surface area contributed by atoms with Gasteiger partial charge in [0.25, 0.3) is 5.91 Å². The summed E-state index contributed by atoms with van der Waals surface area (Å²) in [6.45, 7) is 0.458. The summed E-state index contributed by atoms with van der Waals surface area (Å²) in [5.74, 6) is -1.22. The maximum atomic E-state index is 13.1. The highest BCUT2D eigenvalue weighted by molar-refractivity contribution is 6.05. The zero-order valence-electron chi connectivity index (χ0n) is 17.2. The number of ether oxygens (including phenoxy) is 3. The molecule has 1 aliphatic rings. The third-order valence-corrected chi connectivity index (χ3v) is 5.32. The average Bonchev–Trinajstić information content (AvgIpc) is 3.27. The summed E-state index contributed by atoms with van der Waals surface area (Å²) >= 11 is 0. The Hall–Kier alpha value is -3.65. The van der Waals surface area contributed by atoms with E-state index in [4.69, 9.17) is 14.2 Å². The van der Waals surface area contributed by atoms with Gasteiger partial charge in [0.2, 0.25) is 0 Å². The Morgan fingerprint density at radius 2 is 1.78 bits per heavy atom. The average molecular weight is 439 g/mol. The van der Waals surface area contributed by atoms with E-state index in [1.54, 1.807) is 12.1 Å². The number of nitrogens with one attached hydrogen (secondary N) is 1. The van der Waals surface area contributed by atoms with Crippen molar-refractivity contribution in [2.75, 3.05) is 26.4 Å². The minimum Gasteiger partial charge on any atom is -0.490 e. The van der Waals surface area contributed by atoms with Gasteiger partial charge in [0.15, 0.2) is 5.54 Å². The number of fused-ring (bicyclic) bond motifs is 1. The summed E-state index contributed by atoms with van der Waals surface area (Å²) in [5.41, 5.74) is -1.25. The first-order chi connectivity index (χ1) is 15.5. The molecule has 3 aromatic carbocycles. The number of halogens is 1. The van der Waals surface area contributed by atoms with Crippen LogP contribution in [0.3, 0.4) is 0 Å². The number of aliphatic carboxylic acids is 1. The van der Waals surface area contributed by atoms with E-state index < -0.39 is 17.4 Å². The quantitative estimate of drug-likeness (QED) is 0.523. The van der Waals surface area contributed by atoms with E-state index in [1.165, 1.54) is 24.3 Å². The lowest BCUT2D eigenvalue weighted by Gasteiger charge is -2.24. The molecule has 1 fully saturated rings. The van der Waals surface area contributed by atoms with Crippen LogP contribution < -0.4 is 14.8 Å². The van der Waals surface area contributed by atoms with Gasteiger partial charge < -0.3 is 24.6 Å². The molecule has 1 amide bonds. The van der Waals surface area contributed by atoms with Crippen LogP contribution in [0, 0.1) is 5.82 Å². The van der Waals surface area contributed by atoms with Gasteiger partial charge in [0.05, 0.1) is 12.2 Å². The number of benzene rings is 3. The third-order valence-electron chi connectivity index (χ3n) is 5.32. The first-order valence-electron chi connectivity index (χ1n) is 10.2. The molecule has 0 aliphatic carbocycles. The fourth-order valence-electron chi connectivity index (χ4n) is 3.58. The number of carbonyl (C=O) groups excluding carboxylic acids is 1. The summed E-state index contributed by atoms with van der Waals surface area (Å²) in [6, 6.07) is 16.4. The van der Waals surface area contributed by atoms with Gasteiger partial charge in [0.1, 0.15) is 30.5 Å². The molecular weight excluding hydrogens is 417 g/mol. The predicted molar refractivity (Wildman–Crippen MR) is 115 cm³/mol. The number of hydrogen-bond acceptors (Lipinski definition) is 5. The number of carboxylic acids is 1. The molecule has 0 radical (unpaired) electrons. The van der Waals surface area contributed by atoms with Gasteiger partial charge in [-0.2, -0.15) is 0 Å². The molecule has 0 spiro atoms. The first-order valence-corrected chi connectivity index (χ1v) is 10.2. The largest absolute Gasteiger partial charge is 0.490 e. The van der Waals surface area contributed by atoms with Crippen LogP contribution in [-0.4, -0.2) is 48.9 Å². The summed E-state index contributed by atoms with van der Waals surface area (Å²) in [6.07, 6.45) is 0.184. The normalized spacial score (nSPS) is 17.8. The van der Waals surface area contributed by atoms with Crippen LogP contribution in [0.15, 0.2) is 60.7 Å². The lowest BCUT2D eigenvalue weighted by atomic mass is 9.97. The molecule has 166 valence electrons. The lowest BCUT2D eigenvalue weighted by Crippen LogP contribution is -2.55. The molecule has 1 aliphatic heterocycles. The van der Waals surface area contributed by atoms with E-state index in [-0.39, 0.29) is 44.2 Å². The number of hydrogen-bond donors (Lipinski definition) is 2. The molecule has 1 atom stereocenters. The molecule has 0 bridgehead atoms. The van der Waals surface area contributed by atoms with E-state index in [9.17, 15) is 19.1 Å². The summed E-state index contributed by atoms with van der Waals surface area (Å²) in [4.78, 5) is 24.9. The van der Waals surface area contributed by atoms with Crippen molar-refractivity contribution < 1.29 is 33.3 Å². The Morgan fingerprint density at radius 3 is 2.50 bits per heavy atom. The SMILES string of the molecule is O=C(NC1(C(=O)O)CCOC1)c1ccc2ccccc2c1OCCOc1ccc(F)cc1. The molecule has 7 nitrogen and oxygen atoms in total. The van der Waals surface area contributed by atoms with Crippen molar-refractivity contribution in [2.45, 2.75) is 12.0 Å². The second kappa shape index (κ2) is 9.23. The highest BCUT2D eigenvalue weighted by atomic mass is 19.1. The molecule has 1 saturated heterocycles. The van der Waals surface area contributed by atoms with E-state index in [2.05, 4.69) is 5.32 Å². The van der Waals surface area contributed by atoms with Gasteiger partial charge in [-0.05, 0) is 35.7 Å². The van der Waals surface area contributed by atoms with Crippen molar-refractivity contribution >= 4 is 22.6 Å². The molecule has 0 saturated carbocycles. The summed E-state index contributed by atoms with van der Waals surface area (Å²) in [7, 11) is 0. The van der Waals surface area contributed by atoms with Crippen molar-refractivity contribution in [3.8, 4) is 11.5 Å². The maximum absolute atomic E-state index is 13.1. The zero-order valence-corrected chi connectivity index (χ0v) is 17.2. The highest BCUT2D eigenvalue weighted by Gasteiger charge is 2.44. The van der Waals surface area contributed by atoms with Crippen LogP contribution in [0.4, 0.5) is 4.39 Å². The Kier molecular flexibility index (Phi) is 6.23. The van der Waals surface area contributed by atoms with Crippen LogP contribution in [-0.2, 0) is 9.53 Å². The van der Waals surface area contributed by atoms with Crippen molar-refractivity contribution in [1.82, 2.24) is 5.32 Å². The smallest absolute Gasteiger partial charge is 0.331 e. The molecular formula is C24H22FNO6. The van der Waals surface area contributed by atoms with Gasteiger partial charge in [0, 0.05) is 18.4 Å². The second-order valence-corrected chi connectivity index (χ2v) is 7.46. The predicted octanol–water partition coefficient (Wildman–Crippen LogP) is 3.41. The number of carboxylic acid groups (broad SMARTS) is 1. The van der Waals surface area contributed by atoms with Crippen molar-refractivity contribution in [3.05, 3.63) is 72.0 Å². The fourth-order valence-corrected chi connectivity index (χ4v) is 3.58. The Bertz CT molecular complexity index is 1130. The highest BCUT2D eigenvalue weighted by Crippen LogP contribution is 2.31. The Morgan fingerprint density at radius 1 is 1.03 bits per heavy atom. The van der Waals surface area contributed by atoms with Crippen LogP contribution in [0.5, 0.6) is 11.5 Å². The molecule has 4 rings (SSSR count). The van der Waals surface area contributed by atoms with Gasteiger partial charge >= 0.3 is 5.97 Å². The minimum absolute atomic E-state index is 0.0939. The van der Waals surface area contributed by atoms with Gasteiger partial charge in [-0.25, -0.2) is 9.18 Å². The third kappa shape index (κ3) is 4.50. The minimum atomic E-state index is -1.47. The molecule has 0 aromatic heterocycles. The van der Waals surface area contributed by atoms with E-state index in [1.807, 2.05) is 24.3 Å². The van der Waals surface area contributed by atoms with Gasteiger partial charge in [-0.3, -0.25) is 4.79 Å². The monoisotopic (exact) mass is 439 g/mol. The molecule has 1 heterocycles. The standard InChI is InChI=1S/C24H22FNO6/c25-17-6-8-18(9-7-17)31-13-14-32-21-19-4-2-1-3-16(19)5-10-20(21)22(27)26-24(23(28)29)11-12-30-15-24/h1-10H,11-15H2,(H,26,27)(H,28,29). The lowest BCUT2D eigenvalue weighted by molar-refractivity contribution is -0.144. The van der Waals surface area contributed by atoms with E-state index in [0.29, 0.717) is 16.9 Å². The first kappa shape index (κ1) is 21.6. The Labute approximate surface area is 183 Å². The number of amides is 1. The van der Waals surface area contributed by atoms with Crippen LogP contribution in [0.2, 0.25) is 0 Å². The molecule has 2 N–H and O–H groups in total. The topological polar surface area (TPSA) is 94.1 Å². The molecule has 8 heteroatoms. The van der Waals surface area contributed by atoms with Crippen LogP contribution >= 0.6 is 0 Å². The maximum Gasteiger partial charge on any atom is 0.331 e. The summed E-state index contributed by atoms with van der Waals surface area (Å²) in [5, 5.41) is 13.8. The fraction of sp³-hybridized carbons (Fsp3) is 0.250. The van der Waals surface area contributed by atoms with Crippen LogP contribution in [0.25, 0.3) is 10.8 Å². The van der Waals surface area contributed by atoms with Crippen molar-refractivity contribution in [1.29, 1.82) is 0 Å². The molecule has 32 heavy (non-hydrogen) atoms.